The van der Waals surface area contributed by atoms with E-state index in [-0.39, 0.29) is 5.56 Å². The van der Waals surface area contributed by atoms with Gasteiger partial charge in [-0.1, -0.05) is 37.6 Å². The third kappa shape index (κ3) is 4.27. The standard InChI is InChI=1S/C16H17F9O/c1-3-5-10-6-4-7-11(8-10)12(26-2)9-13(17,18)14(19,20)15(21,22)16(23,24)25/h4,6-8,12H,3,5,9H2,1-2H3. The van der Waals surface area contributed by atoms with Crippen LogP contribution in [0.1, 0.15) is 37.0 Å². The van der Waals surface area contributed by atoms with Crippen LogP contribution < -0.4 is 0 Å². The van der Waals surface area contributed by atoms with Crippen molar-refractivity contribution in [3.05, 3.63) is 35.4 Å². The van der Waals surface area contributed by atoms with Crippen LogP contribution in [0.4, 0.5) is 39.5 Å². The predicted molar refractivity (Wildman–Crippen MR) is 75.7 cm³/mol. The van der Waals surface area contributed by atoms with E-state index in [0.717, 1.165) is 7.11 Å². The third-order valence-corrected chi connectivity index (χ3v) is 3.80. The Labute approximate surface area is 144 Å². The Morgan fingerprint density at radius 1 is 0.923 bits per heavy atom. The minimum Gasteiger partial charge on any atom is -0.377 e. The molecule has 1 atom stereocenters. The van der Waals surface area contributed by atoms with Crippen molar-refractivity contribution >= 4 is 0 Å². The number of benzene rings is 1. The monoisotopic (exact) mass is 396 g/mol. The summed E-state index contributed by atoms with van der Waals surface area (Å²) in [6.45, 7) is 1.83. The Hall–Kier alpha value is -1.45. The van der Waals surface area contributed by atoms with Gasteiger partial charge in [0, 0.05) is 13.5 Å². The van der Waals surface area contributed by atoms with Crippen LogP contribution in [0.25, 0.3) is 0 Å². The summed E-state index contributed by atoms with van der Waals surface area (Å²) in [6, 6.07) is 5.65. The molecular weight excluding hydrogens is 379 g/mol. The maximum atomic E-state index is 13.8. The SMILES string of the molecule is CCCc1cccc(C(CC(F)(F)C(F)(F)C(F)(F)C(F)(F)F)OC)c1. The van der Waals surface area contributed by atoms with Crippen LogP contribution in [0.2, 0.25) is 0 Å². The molecule has 0 spiro atoms. The first kappa shape index (κ1) is 22.6. The van der Waals surface area contributed by atoms with E-state index in [0.29, 0.717) is 18.4 Å². The normalized spacial score (nSPS) is 15.2. The lowest BCUT2D eigenvalue weighted by Crippen LogP contribution is -2.61. The summed E-state index contributed by atoms with van der Waals surface area (Å²) in [6.07, 6.45) is -9.45. The molecule has 0 radical (unpaired) electrons. The van der Waals surface area contributed by atoms with Gasteiger partial charge in [-0.05, 0) is 17.5 Å². The molecule has 1 aromatic rings. The summed E-state index contributed by atoms with van der Waals surface area (Å²) in [4.78, 5) is 0. The Kier molecular flexibility index (Phi) is 6.65. The molecule has 0 aromatic heterocycles. The fourth-order valence-corrected chi connectivity index (χ4v) is 2.34. The molecule has 0 amide bonds. The molecule has 0 N–H and O–H groups in total. The number of aryl methyl sites for hydroxylation is 1. The van der Waals surface area contributed by atoms with E-state index in [4.69, 9.17) is 0 Å². The van der Waals surface area contributed by atoms with Crippen molar-refractivity contribution in [2.24, 2.45) is 0 Å². The molecule has 1 rings (SSSR count). The van der Waals surface area contributed by atoms with Crippen LogP contribution in [0.3, 0.4) is 0 Å². The molecule has 0 aliphatic rings. The lowest BCUT2D eigenvalue weighted by molar-refractivity contribution is -0.398. The first-order valence-corrected chi connectivity index (χ1v) is 7.53. The van der Waals surface area contributed by atoms with Gasteiger partial charge in [-0.3, -0.25) is 0 Å². The molecule has 1 nitrogen and oxygen atoms in total. The van der Waals surface area contributed by atoms with E-state index in [2.05, 4.69) is 4.74 Å². The van der Waals surface area contributed by atoms with Crippen molar-refractivity contribution in [3.63, 3.8) is 0 Å². The maximum Gasteiger partial charge on any atom is 0.460 e. The smallest absolute Gasteiger partial charge is 0.377 e. The summed E-state index contributed by atoms with van der Waals surface area (Å²) in [5.41, 5.74) is 0.631. The number of rotatable bonds is 8. The zero-order valence-corrected chi connectivity index (χ0v) is 13.8. The quantitative estimate of drug-likeness (QED) is 0.477. The van der Waals surface area contributed by atoms with Crippen molar-refractivity contribution in [2.75, 3.05) is 7.11 Å². The number of halogens is 9. The molecular formula is C16H17F9O. The Morgan fingerprint density at radius 3 is 1.96 bits per heavy atom. The molecule has 0 saturated heterocycles. The van der Waals surface area contributed by atoms with Crippen LogP contribution in [0, 0.1) is 0 Å². The highest BCUT2D eigenvalue weighted by molar-refractivity contribution is 5.26. The molecule has 0 aliphatic heterocycles. The highest BCUT2D eigenvalue weighted by Gasteiger charge is 2.81. The Balaban J connectivity index is 3.17. The number of ether oxygens (including phenoxy) is 1. The van der Waals surface area contributed by atoms with Crippen molar-refractivity contribution < 1.29 is 44.3 Å². The molecule has 0 fully saturated rings. The fraction of sp³-hybridized carbons (Fsp3) is 0.625. The third-order valence-electron chi connectivity index (χ3n) is 3.80. The topological polar surface area (TPSA) is 9.23 Å². The summed E-state index contributed by atoms with van der Waals surface area (Å²) in [5.74, 6) is -19.2. The van der Waals surface area contributed by atoms with E-state index in [1.165, 1.54) is 18.2 Å². The van der Waals surface area contributed by atoms with Crippen LogP contribution >= 0.6 is 0 Å². The average molecular weight is 396 g/mol. The van der Waals surface area contributed by atoms with Gasteiger partial charge in [0.25, 0.3) is 0 Å². The fourth-order valence-electron chi connectivity index (χ4n) is 2.34. The zero-order valence-electron chi connectivity index (χ0n) is 13.8. The summed E-state index contributed by atoms with van der Waals surface area (Å²) >= 11 is 0. The average Bonchev–Trinajstić information content (AvgIpc) is 2.51. The molecule has 0 aliphatic carbocycles. The van der Waals surface area contributed by atoms with Gasteiger partial charge in [0.15, 0.2) is 0 Å². The Bertz CT molecular complexity index is 596. The largest absolute Gasteiger partial charge is 0.460 e. The zero-order chi connectivity index (χ0) is 20.4. The van der Waals surface area contributed by atoms with Crippen LogP contribution in [-0.2, 0) is 11.2 Å². The molecule has 150 valence electrons. The number of methoxy groups -OCH3 is 1. The van der Waals surface area contributed by atoms with Gasteiger partial charge >= 0.3 is 23.9 Å². The van der Waals surface area contributed by atoms with Gasteiger partial charge in [0.2, 0.25) is 0 Å². The first-order valence-electron chi connectivity index (χ1n) is 7.53. The van der Waals surface area contributed by atoms with E-state index in [1.807, 2.05) is 6.92 Å². The number of hydrogen-bond donors (Lipinski definition) is 0. The van der Waals surface area contributed by atoms with E-state index < -0.39 is 36.5 Å². The van der Waals surface area contributed by atoms with Gasteiger partial charge in [-0.15, -0.1) is 0 Å². The lowest BCUT2D eigenvalue weighted by atomic mass is 9.94. The van der Waals surface area contributed by atoms with Crippen molar-refractivity contribution in [3.8, 4) is 0 Å². The maximum absolute atomic E-state index is 13.8. The molecule has 10 heteroatoms. The molecule has 0 bridgehead atoms. The van der Waals surface area contributed by atoms with E-state index in [9.17, 15) is 39.5 Å². The minimum absolute atomic E-state index is 0.0238. The second kappa shape index (κ2) is 7.66. The highest BCUT2D eigenvalue weighted by atomic mass is 19.4. The Morgan fingerprint density at radius 2 is 1.50 bits per heavy atom. The van der Waals surface area contributed by atoms with Gasteiger partial charge in [0.1, 0.15) is 0 Å². The van der Waals surface area contributed by atoms with Gasteiger partial charge < -0.3 is 4.74 Å². The minimum atomic E-state index is -6.90. The first-order chi connectivity index (χ1) is 11.7. The molecule has 1 unspecified atom stereocenters. The van der Waals surface area contributed by atoms with Crippen molar-refractivity contribution in [1.29, 1.82) is 0 Å². The number of hydrogen-bond acceptors (Lipinski definition) is 1. The van der Waals surface area contributed by atoms with E-state index >= 15 is 0 Å². The predicted octanol–water partition coefficient (Wildman–Crippen LogP) is 6.18. The van der Waals surface area contributed by atoms with Gasteiger partial charge in [0.05, 0.1) is 6.10 Å². The second-order valence-electron chi connectivity index (χ2n) is 5.77. The summed E-state index contributed by atoms with van der Waals surface area (Å²) < 4.78 is 121. The summed E-state index contributed by atoms with van der Waals surface area (Å²) in [7, 11) is 0.868. The van der Waals surface area contributed by atoms with Crippen molar-refractivity contribution in [2.45, 2.75) is 56.2 Å². The highest BCUT2D eigenvalue weighted by Crippen LogP contribution is 2.55. The van der Waals surface area contributed by atoms with Gasteiger partial charge in [-0.25, -0.2) is 0 Å². The van der Waals surface area contributed by atoms with E-state index in [1.54, 1.807) is 6.07 Å². The lowest BCUT2D eigenvalue weighted by Gasteiger charge is -2.35. The van der Waals surface area contributed by atoms with Gasteiger partial charge in [-0.2, -0.15) is 39.5 Å². The number of alkyl halides is 9. The molecule has 0 saturated carbocycles. The molecule has 0 heterocycles. The van der Waals surface area contributed by atoms with Crippen LogP contribution in [0.15, 0.2) is 24.3 Å². The molecule has 26 heavy (non-hydrogen) atoms. The second-order valence-corrected chi connectivity index (χ2v) is 5.77. The molecule has 1 aromatic carbocycles. The van der Waals surface area contributed by atoms with Crippen molar-refractivity contribution in [1.82, 2.24) is 0 Å². The van der Waals surface area contributed by atoms with Crippen LogP contribution in [0.5, 0.6) is 0 Å². The summed E-state index contributed by atoms with van der Waals surface area (Å²) in [5, 5.41) is 0. The van der Waals surface area contributed by atoms with Crippen LogP contribution in [-0.4, -0.2) is 31.1 Å².